The molecule has 1 fully saturated rings. The number of nitro groups is 1. The minimum atomic E-state index is -0.459. The Hall–Kier alpha value is -1.17. The van der Waals surface area contributed by atoms with Gasteiger partial charge in [-0.25, -0.2) is 0 Å². The molecule has 6 heteroatoms. The van der Waals surface area contributed by atoms with E-state index < -0.39 is 4.92 Å². The zero-order valence-electron chi connectivity index (χ0n) is 10.2. The molecule has 1 aliphatic rings. The van der Waals surface area contributed by atoms with E-state index in [-0.39, 0.29) is 10.7 Å². The molecule has 0 radical (unpaired) electrons. The predicted molar refractivity (Wildman–Crippen MR) is 70.8 cm³/mol. The van der Waals surface area contributed by atoms with Crippen LogP contribution in [-0.4, -0.2) is 35.5 Å². The van der Waals surface area contributed by atoms with Gasteiger partial charge in [-0.3, -0.25) is 15.0 Å². The molecule has 0 saturated carbocycles. The molecule has 1 heterocycles. The van der Waals surface area contributed by atoms with Crippen LogP contribution in [0.2, 0.25) is 5.02 Å². The molecule has 5 nitrogen and oxygen atoms in total. The van der Waals surface area contributed by atoms with Crippen LogP contribution in [0.3, 0.4) is 0 Å². The minimum Gasteiger partial charge on any atom is -0.312 e. The van der Waals surface area contributed by atoms with Gasteiger partial charge in [-0.15, -0.1) is 0 Å². The van der Waals surface area contributed by atoms with Crippen LogP contribution in [0.4, 0.5) is 5.69 Å². The van der Waals surface area contributed by atoms with Crippen molar-refractivity contribution in [2.45, 2.75) is 19.5 Å². The molecule has 98 valence electrons. The second-order valence-electron chi connectivity index (χ2n) is 4.63. The molecule has 1 N–H and O–H groups in total. The van der Waals surface area contributed by atoms with E-state index in [0.717, 1.165) is 31.7 Å². The zero-order valence-corrected chi connectivity index (χ0v) is 11.0. The van der Waals surface area contributed by atoms with E-state index in [9.17, 15) is 10.1 Å². The van der Waals surface area contributed by atoms with Gasteiger partial charge in [-0.1, -0.05) is 17.7 Å². The minimum absolute atomic E-state index is 0.0332. The number of piperazine rings is 1. The quantitative estimate of drug-likeness (QED) is 0.674. The normalized spacial score (nSPS) is 20.9. The van der Waals surface area contributed by atoms with Gasteiger partial charge in [0.25, 0.3) is 5.69 Å². The Morgan fingerprint density at radius 1 is 1.61 bits per heavy atom. The topological polar surface area (TPSA) is 58.4 Å². The molecule has 0 unspecified atom stereocenters. The van der Waals surface area contributed by atoms with Gasteiger partial charge in [0.05, 0.1) is 4.92 Å². The number of hydrogen-bond donors (Lipinski definition) is 1. The van der Waals surface area contributed by atoms with Gasteiger partial charge >= 0.3 is 0 Å². The van der Waals surface area contributed by atoms with Gasteiger partial charge in [0.15, 0.2) is 0 Å². The van der Waals surface area contributed by atoms with Gasteiger partial charge in [-0.2, -0.15) is 0 Å². The molecule has 0 aromatic heterocycles. The highest BCUT2D eigenvalue weighted by molar-refractivity contribution is 6.32. The summed E-state index contributed by atoms with van der Waals surface area (Å²) in [4.78, 5) is 12.5. The van der Waals surface area contributed by atoms with Crippen molar-refractivity contribution in [3.8, 4) is 0 Å². The third-order valence-electron chi connectivity index (χ3n) is 3.07. The molecule has 1 atom stereocenters. The maximum Gasteiger partial charge on any atom is 0.287 e. The lowest BCUT2D eigenvalue weighted by Crippen LogP contribution is -2.48. The first-order valence-corrected chi connectivity index (χ1v) is 6.32. The number of rotatable bonds is 3. The van der Waals surface area contributed by atoms with Crippen LogP contribution in [0.15, 0.2) is 18.2 Å². The fourth-order valence-electron chi connectivity index (χ4n) is 2.21. The van der Waals surface area contributed by atoms with Gasteiger partial charge in [0.2, 0.25) is 0 Å². The Labute approximate surface area is 111 Å². The van der Waals surface area contributed by atoms with E-state index in [4.69, 9.17) is 11.6 Å². The van der Waals surface area contributed by atoms with Gasteiger partial charge in [0, 0.05) is 38.3 Å². The molecular formula is C12H16ClN3O2. The average Bonchev–Trinajstić information content (AvgIpc) is 2.28. The third kappa shape index (κ3) is 3.19. The maximum atomic E-state index is 10.7. The highest BCUT2D eigenvalue weighted by atomic mass is 35.5. The van der Waals surface area contributed by atoms with Crippen LogP contribution in [0.25, 0.3) is 0 Å². The first-order chi connectivity index (χ1) is 8.56. The van der Waals surface area contributed by atoms with E-state index in [1.165, 1.54) is 6.07 Å². The number of nitrogens with one attached hydrogen (secondary N) is 1. The molecule has 0 bridgehead atoms. The van der Waals surface area contributed by atoms with E-state index in [1.54, 1.807) is 12.1 Å². The van der Waals surface area contributed by atoms with Crippen molar-refractivity contribution < 1.29 is 4.92 Å². The highest BCUT2D eigenvalue weighted by Gasteiger charge is 2.17. The lowest BCUT2D eigenvalue weighted by atomic mass is 10.1. The van der Waals surface area contributed by atoms with Crippen molar-refractivity contribution in [2.75, 3.05) is 19.6 Å². The summed E-state index contributed by atoms with van der Waals surface area (Å²) in [7, 11) is 0. The third-order valence-corrected chi connectivity index (χ3v) is 3.37. The first-order valence-electron chi connectivity index (χ1n) is 5.95. The summed E-state index contributed by atoms with van der Waals surface area (Å²) in [5, 5.41) is 14.3. The lowest BCUT2D eigenvalue weighted by molar-refractivity contribution is -0.384. The monoisotopic (exact) mass is 269 g/mol. The number of hydrogen-bond acceptors (Lipinski definition) is 4. The molecular weight excluding hydrogens is 254 g/mol. The standard InChI is InChI=1S/C12H16ClN3O2/c1-9-7-15(5-4-14-9)8-10-2-3-12(16(17)18)11(13)6-10/h2-3,6,9,14H,4-5,7-8H2,1H3/t9-/m1/s1. The number of nitro benzene ring substituents is 1. The lowest BCUT2D eigenvalue weighted by Gasteiger charge is -2.31. The number of halogens is 1. The predicted octanol–water partition coefficient (Wildman–Crippen LogP) is 2.04. The Balaban J connectivity index is 2.05. The zero-order chi connectivity index (χ0) is 13.1. The van der Waals surface area contributed by atoms with Crippen LogP contribution in [0.1, 0.15) is 12.5 Å². The van der Waals surface area contributed by atoms with Crippen molar-refractivity contribution in [3.05, 3.63) is 38.9 Å². The van der Waals surface area contributed by atoms with Crippen LogP contribution in [0, 0.1) is 10.1 Å². The molecule has 0 amide bonds. The molecule has 1 aromatic rings. The SMILES string of the molecule is C[C@@H]1CN(Cc2ccc([N+](=O)[O-])c(Cl)c2)CCN1. The molecule has 1 aromatic carbocycles. The summed E-state index contributed by atoms with van der Waals surface area (Å²) in [6.45, 7) is 5.87. The van der Waals surface area contributed by atoms with Crippen LogP contribution < -0.4 is 5.32 Å². The average molecular weight is 270 g/mol. The number of benzene rings is 1. The summed E-state index contributed by atoms with van der Waals surface area (Å²) in [6.07, 6.45) is 0. The molecule has 0 aliphatic carbocycles. The largest absolute Gasteiger partial charge is 0.312 e. The van der Waals surface area contributed by atoms with Crippen LogP contribution >= 0.6 is 11.6 Å². The van der Waals surface area contributed by atoms with Crippen molar-refractivity contribution >= 4 is 17.3 Å². The Morgan fingerprint density at radius 3 is 3.00 bits per heavy atom. The Kier molecular flexibility index (Phi) is 4.16. The van der Waals surface area contributed by atoms with Gasteiger partial charge in [-0.05, 0) is 18.6 Å². The van der Waals surface area contributed by atoms with Crippen molar-refractivity contribution in [1.82, 2.24) is 10.2 Å². The van der Waals surface area contributed by atoms with E-state index in [0.29, 0.717) is 6.04 Å². The summed E-state index contributed by atoms with van der Waals surface area (Å²) >= 11 is 5.90. The second kappa shape index (κ2) is 5.65. The fraction of sp³-hybridized carbons (Fsp3) is 0.500. The second-order valence-corrected chi connectivity index (χ2v) is 5.04. The molecule has 0 spiro atoms. The highest BCUT2D eigenvalue weighted by Crippen LogP contribution is 2.25. The smallest absolute Gasteiger partial charge is 0.287 e. The summed E-state index contributed by atoms with van der Waals surface area (Å²) < 4.78 is 0. The first kappa shape index (κ1) is 13.3. The molecule has 2 rings (SSSR count). The van der Waals surface area contributed by atoms with Gasteiger partial charge < -0.3 is 5.32 Å². The molecule has 1 aliphatic heterocycles. The van der Waals surface area contributed by atoms with E-state index in [1.807, 2.05) is 0 Å². The molecule has 18 heavy (non-hydrogen) atoms. The maximum absolute atomic E-state index is 10.7. The van der Waals surface area contributed by atoms with Crippen LogP contribution in [0.5, 0.6) is 0 Å². The van der Waals surface area contributed by atoms with Gasteiger partial charge in [0.1, 0.15) is 5.02 Å². The number of nitrogens with zero attached hydrogens (tertiary/aromatic N) is 2. The molecule has 1 saturated heterocycles. The van der Waals surface area contributed by atoms with Crippen molar-refractivity contribution in [3.63, 3.8) is 0 Å². The summed E-state index contributed by atoms with van der Waals surface area (Å²) in [5.74, 6) is 0. The summed E-state index contributed by atoms with van der Waals surface area (Å²) in [6, 6.07) is 5.42. The van der Waals surface area contributed by atoms with Crippen molar-refractivity contribution in [2.24, 2.45) is 0 Å². The van der Waals surface area contributed by atoms with E-state index in [2.05, 4.69) is 17.1 Å². The summed E-state index contributed by atoms with van der Waals surface area (Å²) in [5.41, 5.74) is 0.980. The van der Waals surface area contributed by atoms with E-state index >= 15 is 0 Å². The Bertz CT molecular complexity index is 453. The van der Waals surface area contributed by atoms with Crippen molar-refractivity contribution in [1.29, 1.82) is 0 Å². The fourth-order valence-corrected chi connectivity index (χ4v) is 2.48. The van der Waals surface area contributed by atoms with Crippen LogP contribution in [-0.2, 0) is 6.54 Å². The Morgan fingerprint density at radius 2 is 2.39 bits per heavy atom.